The monoisotopic (exact) mass is 370 g/mol. The Morgan fingerprint density at radius 2 is 1.69 bits per heavy atom. The van der Waals surface area contributed by atoms with Crippen LogP contribution in [0.4, 0.5) is 11.4 Å². The third-order valence-electron chi connectivity index (χ3n) is 4.79. The van der Waals surface area contributed by atoms with Gasteiger partial charge in [0.15, 0.2) is 0 Å². The average Bonchev–Trinajstić information content (AvgIpc) is 3.13. The van der Waals surface area contributed by atoms with Gasteiger partial charge >= 0.3 is 0 Å². The number of fused-ring (bicyclic) bond motifs is 2. The molecule has 26 heavy (non-hydrogen) atoms. The molecule has 1 saturated heterocycles. The van der Waals surface area contributed by atoms with Crippen LogP contribution in [0.15, 0.2) is 42.5 Å². The smallest absolute Gasteiger partial charge is 0.268 e. The lowest BCUT2D eigenvalue weighted by molar-refractivity contribution is -0.123. The summed E-state index contributed by atoms with van der Waals surface area (Å²) >= 11 is 1.35. The molecular formula is C19H18N2O4S. The summed E-state index contributed by atoms with van der Waals surface area (Å²) in [5.41, 5.74) is 2.22. The van der Waals surface area contributed by atoms with Crippen molar-refractivity contribution < 1.29 is 19.1 Å². The molecule has 0 aromatic heterocycles. The molecule has 0 N–H and O–H groups in total. The van der Waals surface area contributed by atoms with Crippen molar-refractivity contribution in [3.05, 3.63) is 48.0 Å². The number of benzene rings is 2. The minimum atomic E-state index is -1.10. The van der Waals surface area contributed by atoms with Crippen LogP contribution in [0.5, 0.6) is 11.5 Å². The maximum Gasteiger partial charge on any atom is 0.268 e. The Labute approximate surface area is 155 Å². The quantitative estimate of drug-likeness (QED) is 0.831. The lowest BCUT2D eigenvalue weighted by Gasteiger charge is -2.33. The van der Waals surface area contributed by atoms with E-state index in [0.717, 1.165) is 11.3 Å². The topological polar surface area (TPSA) is 59.1 Å². The number of hydrogen-bond acceptors (Lipinski definition) is 5. The summed E-state index contributed by atoms with van der Waals surface area (Å²) in [7, 11) is 4.85. The highest BCUT2D eigenvalue weighted by Crippen LogP contribution is 2.55. The first-order valence-electron chi connectivity index (χ1n) is 8.10. The normalized spacial score (nSPS) is 21.5. The first kappa shape index (κ1) is 16.8. The number of hydrogen-bond donors (Lipinski definition) is 0. The molecule has 4 rings (SSSR count). The van der Waals surface area contributed by atoms with Gasteiger partial charge in [0.2, 0.25) is 10.8 Å². The Morgan fingerprint density at radius 1 is 1.04 bits per heavy atom. The number of carbonyl (C=O) groups is 2. The summed E-state index contributed by atoms with van der Waals surface area (Å²) in [4.78, 5) is 28.2. The van der Waals surface area contributed by atoms with E-state index >= 15 is 0 Å². The highest BCUT2D eigenvalue weighted by Gasteiger charge is 2.60. The summed E-state index contributed by atoms with van der Waals surface area (Å²) in [5, 5.41) is 0. The van der Waals surface area contributed by atoms with Crippen LogP contribution in [0.25, 0.3) is 0 Å². The van der Waals surface area contributed by atoms with E-state index in [9.17, 15) is 9.59 Å². The zero-order valence-corrected chi connectivity index (χ0v) is 15.5. The van der Waals surface area contributed by atoms with Gasteiger partial charge in [0, 0.05) is 30.8 Å². The third kappa shape index (κ3) is 2.13. The van der Waals surface area contributed by atoms with E-state index in [1.807, 2.05) is 24.3 Å². The summed E-state index contributed by atoms with van der Waals surface area (Å²) < 4.78 is 10.7. The number of methoxy groups -OCH3 is 2. The minimum Gasteiger partial charge on any atom is -0.497 e. The molecule has 1 spiro atoms. The first-order chi connectivity index (χ1) is 12.5. The lowest BCUT2D eigenvalue weighted by Crippen LogP contribution is -2.49. The Kier molecular flexibility index (Phi) is 3.84. The predicted molar refractivity (Wildman–Crippen MR) is 101 cm³/mol. The predicted octanol–water partition coefficient (Wildman–Crippen LogP) is 2.61. The maximum absolute atomic E-state index is 13.3. The van der Waals surface area contributed by atoms with E-state index in [1.165, 1.54) is 11.8 Å². The summed E-state index contributed by atoms with van der Waals surface area (Å²) in [6.07, 6.45) is 0. The second kappa shape index (κ2) is 5.95. The van der Waals surface area contributed by atoms with Crippen molar-refractivity contribution in [2.45, 2.75) is 4.87 Å². The second-order valence-corrected chi connectivity index (χ2v) is 7.28. The van der Waals surface area contributed by atoms with Crippen LogP contribution in [0.3, 0.4) is 0 Å². The molecule has 0 bridgehead atoms. The minimum absolute atomic E-state index is 0.122. The Morgan fingerprint density at radius 3 is 2.35 bits per heavy atom. The number of amides is 2. The summed E-state index contributed by atoms with van der Waals surface area (Å²) in [6.45, 7) is 0. The van der Waals surface area contributed by atoms with Gasteiger partial charge in [-0.15, -0.1) is 11.8 Å². The van der Waals surface area contributed by atoms with Gasteiger partial charge in [0.25, 0.3) is 5.91 Å². The van der Waals surface area contributed by atoms with Crippen molar-refractivity contribution >= 4 is 35.0 Å². The second-order valence-electron chi connectivity index (χ2n) is 6.11. The van der Waals surface area contributed by atoms with Crippen molar-refractivity contribution in [3.8, 4) is 11.5 Å². The van der Waals surface area contributed by atoms with Crippen LogP contribution >= 0.6 is 11.8 Å². The molecule has 2 aliphatic heterocycles. The molecule has 2 heterocycles. The molecule has 6 nitrogen and oxygen atoms in total. The van der Waals surface area contributed by atoms with Crippen LogP contribution < -0.4 is 19.3 Å². The molecule has 2 aromatic rings. The number of ether oxygens (including phenoxy) is 2. The largest absolute Gasteiger partial charge is 0.497 e. The molecule has 2 amide bonds. The molecule has 7 heteroatoms. The Hall–Kier alpha value is -2.67. The summed E-state index contributed by atoms with van der Waals surface area (Å²) in [6, 6.07) is 12.8. The molecule has 2 aromatic carbocycles. The van der Waals surface area contributed by atoms with E-state index in [2.05, 4.69) is 0 Å². The van der Waals surface area contributed by atoms with Gasteiger partial charge in [0.1, 0.15) is 11.5 Å². The van der Waals surface area contributed by atoms with Gasteiger partial charge < -0.3 is 14.4 Å². The molecule has 1 atom stereocenters. The molecule has 1 fully saturated rings. The van der Waals surface area contributed by atoms with Crippen LogP contribution in [-0.2, 0) is 14.5 Å². The van der Waals surface area contributed by atoms with E-state index in [4.69, 9.17) is 9.47 Å². The van der Waals surface area contributed by atoms with Crippen LogP contribution in [0.1, 0.15) is 5.56 Å². The van der Waals surface area contributed by atoms with Crippen molar-refractivity contribution in [2.75, 3.05) is 36.8 Å². The number of likely N-dealkylation sites (N-methyl/N-ethyl adjacent to an activating group) is 1. The molecule has 0 saturated carbocycles. The van der Waals surface area contributed by atoms with E-state index in [1.54, 1.807) is 49.3 Å². The van der Waals surface area contributed by atoms with Crippen LogP contribution in [0, 0.1) is 0 Å². The van der Waals surface area contributed by atoms with Gasteiger partial charge in [0.05, 0.1) is 31.3 Å². The Balaban J connectivity index is 1.94. The number of rotatable bonds is 3. The van der Waals surface area contributed by atoms with E-state index in [-0.39, 0.29) is 17.6 Å². The van der Waals surface area contributed by atoms with Crippen molar-refractivity contribution in [3.63, 3.8) is 0 Å². The lowest BCUT2D eigenvalue weighted by atomic mass is 10.0. The average molecular weight is 370 g/mol. The number of para-hydroxylation sites is 1. The highest BCUT2D eigenvalue weighted by molar-refractivity contribution is 8.02. The van der Waals surface area contributed by atoms with Gasteiger partial charge in [-0.05, 0) is 6.07 Å². The summed E-state index contributed by atoms with van der Waals surface area (Å²) in [5.74, 6) is 1.10. The third-order valence-corrected chi connectivity index (χ3v) is 6.17. The molecule has 0 aliphatic carbocycles. The van der Waals surface area contributed by atoms with Crippen molar-refractivity contribution in [1.82, 2.24) is 0 Å². The fourth-order valence-electron chi connectivity index (χ4n) is 3.58. The number of anilines is 2. The molecule has 0 radical (unpaired) electrons. The van der Waals surface area contributed by atoms with Gasteiger partial charge in [-0.1, -0.05) is 18.2 Å². The molecule has 0 unspecified atom stereocenters. The number of carbonyl (C=O) groups excluding carboxylic acids is 2. The van der Waals surface area contributed by atoms with Crippen LogP contribution in [0.2, 0.25) is 0 Å². The first-order valence-corrected chi connectivity index (χ1v) is 9.09. The maximum atomic E-state index is 13.3. The number of nitrogens with zero attached hydrogens (tertiary/aromatic N) is 2. The molecule has 2 aliphatic rings. The van der Waals surface area contributed by atoms with Gasteiger partial charge in [-0.25, -0.2) is 0 Å². The van der Waals surface area contributed by atoms with Crippen molar-refractivity contribution in [2.24, 2.45) is 0 Å². The zero-order valence-electron chi connectivity index (χ0n) is 14.7. The SMILES string of the molecule is COc1cc(OC)cc(N2C(=O)CS[C@]23C(=O)N(C)c2ccccc23)c1. The fraction of sp³-hybridized carbons (Fsp3) is 0.263. The zero-order chi connectivity index (χ0) is 18.5. The van der Waals surface area contributed by atoms with Gasteiger partial charge in [-0.2, -0.15) is 0 Å². The molecule has 134 valence electrons. The molecular weight excluding hydrogens is 352 g/mol. The number of thioether (sulfide) groups is 1. The van der Waals surface area contributed by atoms with E-state index in [0.29, 0.717) is 17.2 Å². The standard InChI is InChI=1S/C19H18N2O4S/c1-20-16-7-5-4-6-15(16)19(18(20)23)21(17(22)11-26-19)12-8-13(24-2)10-14(9-12)25-3/h4-10H,11H2,1-3H3/t19-/m1/s1. The Bertz CT molecular complexity index is 894. The van der Waals surface area contributed by atoms with Gasteiger partial charge in [-0.3, -0.25) is 14.5 Å². The van der Waals surface area contributed by atoms with Crippen LogP contribution in [-0.4, -0.2) is 38.8 Å². The van der Waals surface area contributed by atoms with Crippen molar-refractivity contribution in [1.29, 1.82) is 0 Å². The van der Waals surface area contributed by atoms with E-state index < -0.39 is 4.87 Å². The fourth-order valence-corrected chi connectivity index (χ4v) is 4.96. The highest BCUT2D eigenvalue weighted by atomic mass is 32.2.